The van der Waals surface area contributed by atoms with Gasteiger partial charge in [0.2, 0.25) is 0 Å². The van der Waals surface area contributed by atoms with Gasteiger partial charge in [-0.1, -0.05) is 59.7 Å². The van der Waals surface area contributed by atoms with Gasteiger partial charge >= 0.3 is 0 Å². The largest absolute Gasteiger partial charge is 0.507 e. The summed E-state index contributed by atoms with van der Waals surface area (Å²) in [6.07, 6.45) is 1.23. The third-order valence-electron chi connectivity index (χ3n) is 5.45. The molecule has 1 aromatic heterocycles. The van der Waals surface area contributed by atoms with Crippen molar-refractivity contribution >= 4 is 11.1 Å². The number of phenols is 1. The van der Waals surface area contributed by atoms with Crippen molar-refractivity contribution in [2.75, 3.05) is 12.4 Å². The molecule has 0 aliphatic rings. The number of hydrogen-bond acceptors (Lipinski definition) is 6. The summed E-state index contributed by atoms with van der Waals surface area (Å²) in [6.45, 7) is 4.43. The highest BCUT2D eigenvalue weighted by atomic mass is 32.2. The number of rotatable bonds is 9. The summed E-state index contributed by atoms with van der Waals surface area (Å²) in [5.74, 6) is 2.12. The zero-order valence-corrected chi connectivity index (χ0v) is 20.5. The van der Waals surface area contributed by atoms with Crippen LogP contribution in [0.3, 0.4) is 0 Å². The van der Waals surface area contributed by atoms with Gasteiger partial charge in [-0.25, -0.2) is 19.2 Å². The second kappa shape index (κ2) is 11.2. The van der Waals surface area contributed by atoms with Crippen LogP contribution in [-0.4, -0.2) is 41.2 Å². The molecule has 1 heterocycles. The minimum atomic E-state index is -1.79. The van der Waals surface area contributed by atoms with Crippen molar-refractivity contribution in [1.82, 2.24) is 15.0 Å². The van der Waals surface area contributed by atoms with Crippen LogP contribution in [0, 0.1) is 13.8 Å². The Kier molecular flexibility index (Phi) is 7.84. The first-order chi connectivity index (χ1) is 16.9. The number of benzene rings is 3. The molecule has 0 fully saturated rings. The first-order valence-corrected chi connectivity index (χ1v) is 12.6. The fourth-order valence-corrected chi connectivity index (χ4v) is 3.92. The van der Waals surface area contributed by atoms with E-state index in [1.807, 2.05) is 62.4 Å². The first kappa shape index (κ1) is 24.5. The van der Waals surface area contributed by atoms with E-state index in [0.717, 1.165) is 22.3 Å². The van der Waals surface area contributed by atoms with Gasteiger partial charge in [-0.05, 0) is 38.8 Å². The number of ether oxygens (including phenoxy) is 1. The van der Waals surface area contributed by atoms with E-state index in [9.17, 15) is 9.32 Å². The van der Waals surface area contributed by atoms with Gasteiger partial charge in [-0.2, -0.15) is 0 Å². The van der Waals surface area contributed by atoms with Gasteiger partial charge < -0.3 is 14.4 Å². The number of unbranched alkanes of at least 4 members (excludes halogenated alkanes) is 1. The number of phenolic OH excluding ortho intramolecular Hbond substituents is 1. The van der Waals surface area contributed by atoms with Crippen LogP contribution in [0.2, 0.25) is 0 Å². The zero-order chi connectivity index (χ0) is 24.8. The Morgan fingerprint density at radius 2 is 1.31 bits per heavy atom. The van der Waals surface area contributed by atoms with Gasteiger partial charge in [0.05, 0.1) is 12.2 Å². The molecule has 4 aromatic rings. The molecule has 3 aromatic carbocycles. The zero-order valence-electron chi connectivity index (χ0n) is 19.6. The van der Waals surface area contributed by atoms with E-state index < -0.39 is 11.1 Å². The third kappa shape index (κ3) is 6.49. The van der Waals surface area contributed by atoms with Crippen LogP contribution < -0.4 is 4.74 Å². The van der Waals surface area contributed by atoms with Crippen LogP contribution in [0.4, 0.5) is 0 Å². The molecule has 0 aliphatic carbocycles. The molecule has 0 saturated carbocycles. The smallest absolute Gasteiger partial charge is 0.167 e. The van der Waals surface area contributed by atoms with Gasteiger partial charge in [-0.15, -0.1) is 0 Å². The number of aryl methyl sites for hydroxylation is 2. The van der Waals surface area contributed by atoms with Gasteiger partial charge in [0.25, 0.3) is 0 Å². The Morgan fingerprint density at radius 3 is 1.83 bits per heavy atom. The summed E-state index contributed by atoms with van der Waals surface area (Å²) in [4.78, 5) is 14.0. The fourth-order valence-electron chi connectivity index (χ4n) is 3.47. The Morgan fingerprint density at radius 1 is 0.771 bits per heavy atom. The Labute approximate surface area is 207 Å². The Hall–Kier alpha value is -3.62. The summed E-state index contributed by atoms with van der Waals surface area (Å²) < 4.78 is 25.2. The van der Waals surface area contributed by atoms with Crippen LogP contribution >= 0.6 is 0 Å². The number of aromatic nitrogens is 3. The average molecular weight is 490 g/mol. The van der Waals surface area contributed by atoms with Crippen LogP contribution in [0.5, 0.6) is 11.5 Å². The molecule has 0 bridgehead atoms. The minimum Gasteiger partial charge on any atom is -0.507 e. The Bertz CT molecular complexity index is 1260. The topological polar surface area (TPSA) is 105 Å². The second-order valence-corrected chi connectivity index (χ2v) is 9.35. The van der Waals surface area contributed by atoms with Crippen molar-refractivity contribution < 1.29 is 18.6 Å². The molecule has 2 N–H and O–H groups in total. The lowest BCUT2D eigenvalue weighted by molar-refractivity contribution is 0.308. The van der Waals surface area contributed by atoms with Crippen molar-refractivity contribution in [1.29, 1.82) is 0 Å². The molecule has 1 atom stereocenters. The molecule has 1 unspecified atom stereocenters. The van der Waals surface area contributed by atoms with E-state index in [-0.39, 0.29) is 11.5 Å². The maximum Gasteiger partial charge on any atom is 0.167 e. The van der Waals surface area contributed by atoms with Gasteiger partial charge in [0, 0.05) is 22.9 Å². The third-order valence-corrected chi connectivity index (χ3v) is 6.08. The molecular weight excluding hydrogens is 462 g/mol. The van der Waals surface area contributed by atoms with E-state index in [0.29, 0.717) is 48.2 Å². The lowest BCUT2D eigenvalue weighted by Crippen LogP contribution is -2.02. The minimum absolute atomic E-state index is 0.00475. The molecule has 0 radical (unpaired) electrons. The van der Waals surface area contributed by atoms with E-state index in [4.69, 9.17) is 14.3 Å². The highest BCUT2D eigenvalue weighted by Crippen LogP contribution is 2.33. The first-order valence-electron chi connectivity index (χ1n) is 11.3. The van der Waals surface area contributed by atoms with Gasteiger partial charge in [0.15, 0.2) is 28.6 Å². The number of nitrogens with zero attached hydrogens (tertiary/aromatic N) is 3. The van der Waals surface area contributed by atoms with Crippen molar-refractivity contribution in [3.8, 4) is 45.7 Å². The quantitative estimate of drug-likeness (QED) is 0.234. The monoisotopic (exact) mass is 489 g/mol. The van der Waals surface area contributed by atoms with Crippen LogP contribution in [0.1, 0.15) is 24.0 Å². The molecule has 4 rings (SSSR count). The lowest BCUT2D eigenvalue weighted by atomic mass is 10.1. The summed E-state index contributed by atoms with van der Waals surface area (Å²) in [6, 6.07) is 20.9. The normalized spacial score (nSPS) is 11.9. The maximum atomic E-state index is 10.8. The van der Waals surface area contributed by atoms with Gasteiger partial charge in [-0.3, -0.25) is 0 Å². The van der Waals surface area contributed by atoms with Crippen molar-refractivity contribution in [2.24, 2.45) is 0 Å². The van der Waals surface area contributed by atoms with Crippen molar-refractivity contribution in [2.45, 2.75) is 26.7 Å². The average Bonchev–Trinajstić information content (AvgIpc) is 2.84. The van der Waals surface area contributed by atoms with E-state index in [1.165, 1.54) is 6.07 Å². The molecule has 0 amide bonds. The highest BCUT2D eigenvalue weighted by molar-refractivity contribution is 7.79. The van der Waals surface area contributed by atoms with Gasteiger partial charge in [0.1, 0.15) is 11.5 Å². The van der Waals surface area contributed by atoms with E-state index in [2.05, 4.69) is 9.97 Å². The highest BCUT2D eigenvalue weighted by Gasteiger charge is 2.15. The SMILES string of the molecule is Cc1ccc(-c2nc(-c3ccc(C)cc3)nc(-c3ccc(OCCCCS(=O)O)cc3O)n2)cc1. The lowest BCUT2D eigenvalue weighted by Gasteiger charge is -2.11. The molecule has 0 saturated heterocycles. The summed E-state index contributed by atoms with van der Waals surface area (Å²) in [5.41, 5.74) is 4.46. The van der Waals surface area contributed by atoms with Crippen LogP contribution in [-0.2, 0) is 11.1 Å². The molecule has 7 nitrogen and oxygen atoms in total. The fraction of sp³-hybridized carbons (Fsp3) is 0.222. The van der Waals surface area contributed by atoms with E-state index >= 15 is 0 Å². The molecule has 8 heteroatoms. The summed E-state index contributed by atoms with van der Waals surface area (Å²) >= 11 is -1.79. The van der Waals surface area contributed by atoms with Crippen molar-refractivity contribution in [3.63, 3.8) is 0 Å². The standard InChI is InChI=1S/C27H27N3O4S/c1-18-5-9-20(10-6-18)25-28-26(21-11-7-19(2)8-12-21)30-27(29-25)23-14-13-22(17-24(23)31)34-15-3-4-16-35(32)33/h5-14,17,31H,3-4,15-16H2,1-2H3,(H,32,33). The maximum absolute atomic E-state index is 10.8. The molecule has 0 aliphatic heterocycles. The molecule has 180 valence electrons. The van der Waals surface area contributed by atoms with Crippen LogP contribution in [0.25, 0.3) is 34.2 Å². The van der Waals surface area contributed by atoms with Crippen LogP contribution in [0.15, 0.2) is 66.7 Å². The molecule has 0 spiro atoms. The number of aromatic hydroxyl groups is 1. The predicted octanol–water partition coefficient (Wildman–Crippen LogP) is 5.58. The van der Waals surface area contributed by atoms with E-state index in [1.54, 1.807) is 12.1 Å². The summed E-state index contributed by atoms with van der Waals surface area (Å²) in [5, 5.41) is 10.8. The summed E-state index contributed by atoms with van der Waals surface area (Å²) in [7, 11) is 0. The Balaban J connectivity index is 1.65. The van der Waals surface area contributed by atoms with Crippen molar-refractivity contribution in [3.05, 3.63) is 77.9 Å². The molecular formula is C27H27N3O4S. The predicted molar refractivity (Wildman–Crippen MR) is 138 cm³/mol. The second-order valence-electron chi connectivity index (χ2n) is 8.30. The molecule has 35 heavy (non-hydrogen) atoms. The number of hydrogen-bond donors (Lipinski definition) is 2.